The molecule has 176 valence electrons. The number of hydrogen-bond acceptors (Lipinski definition) is 5. The number of ether oxygens (including phenoxy) is 1. The zero-order chi connectivity index (χ0) is 22.2. The van der Waals surface area contributed by atoms with Crippen molar-refractivity contribution in [1.29, 1.82) is 0 Å². The predicted octanol–water partition coefficient (Wildman–Crippen LogP) is 3.27. The third-order valence-corrected chi connectivity index (χ3v) is 5.73. The first-order chi connectivity index (χ1) is 15.1. The number of carbonyl (C=O) groups excluding carboxylic acids is 1. The molecule has 0 saturated carbocycles. The lowest BCUT2D eigenvalue weighted by Gasteiger charge is -2.25. The smallest absolute Gasteiger partial charge is 0.221 e. The first kappa shape index (κ1) is 25.6. The summed E-state index contributed by atoms with van der Waals surface area (Å²) >= 11 is 0. The van der Waals surface area contributed by atoms with Crippen LogP contribution in [0.3, 0.4) is 0 Å². The Bertz CT molecular complexity index is 586. The normalized spacial score (nSPS) is 14.7. The monoisotopic (exact) mass is 432 g/mol. The Balaban J connectivity index is 1.40. The van der Waals surface area contributed by atoms with Gasteiger partial charge in [0.15, 0.2) is 0 Å². The Morgan fingerprint density at radius 2 is 1.74 bits per heavy atom. The summed E-state index contributed by atoms with van der Waals surface area (Å²) in [6.45, 7) is 7.74. The SMILES string of the molecule is CN(C)CCCOc1ccc(CNCCCCCNC(=O)CCN2CCCCC2)cc1. The maximum Gasteiger partial charge on any atom is 0.221 e. The molecule has 1 amide bonds. The summed E-state index contributed by atoms with van der Waals surface area (Å²) in [6.07, 6.45) is 8.92. The maximum absolute atomic E-state index is 11.9. The molecule has 0 aliphatic carbocycles. The van der Waals surface area contributed by atoms with Crippen LogP contribution in [-0.4, -0.2) is 75.7 Å². The molecule has 1 aromatic carbocycles. The summed E-state index contributed by atoms with van der Waals surface area (Å²) in [6, 6.07) is 8.38. The summed E-state index contributed by atoms with van der Waals surface area (Å²) < 4.78 is 5.78. The maximum atomic E-state index is 11.9. The van der Waals surface area contributed by atoms with E-state index in [-0.39, 0.29) is 5.91 Å². The quantitative estimate of drug-likeness (QED) is 0.393. The van der Waals surface area contributed by atoms with E-state index >= 15 is 0 Å². The zero-order valence-electron chi connectivity index (χ0n) is 19.8. The molecule has 1 aromatic rings. The van der Waals surface area contributed by atoms with Gasteiger partial charge in [0, 0.05) is 32.6 Å². The fraction of sp³-hybridized carbons (Fsp3) is 0.720. The minimum Gasteiger partial charge on any atom is -0.494 e. The zero-order valence-corrected chi connectivity index (χ0v) is 19.8. The van der Waals surface area contributed by atoms with Gasteiger partial charge in [0.1, 0.15) is 5.75 Å². The summed E-state index contributed by atoms with van der Waals surface area (Å²) in [5.41, 5.74) is 1.28. The van der Waals surface area contributed by atoms with E-state index in [1.807, 2.05) is 0 Å². The van der Waals surface area contributed by atoms with Gasteiger partial charge in [-0.25, -0.2) is 0 Å². The van der Waals surface area contributed by atoms with Crippen LogP contribution in [0, 0.1) is 0 Å². The molecule has 0 aromatic heterocycles. The number of unbranched alkanes of at least 4 members (excludes halogenated alkanes) is 2. The van der Waals surface area contributed by atoms with Gasteiger partial charge in [0.05, 0.1) is 6.61 Å². The van der Waals surface area contributed by atoms with E-state index in [0.717, 1.165) is 83.9 Å². The molecule has 0 unspecified atom stereocenters. The van der Waals surface area contributed by atoms with Gasteiger partial charge in [0.2, 0.25) is 5.91 Å². The second-order valence-electron chi connectivity index (χ2n) is 8.89. The average molecular weight is 433 g/mol. The molecule has 0 spiro atoms. The summed E-state index contributed by atoms with van der Waals surface area (Å²) in [4.78, 5) is 16.5. The van der Waals surface area contributed by atoms with Crippen molar-refractivity contribution in [2.45, 2.75) is 57.9 Å². The molecule has 0 bridgehead atoms. The van der Waals surface area contributed by atoms with E-state index in [0.29, 0.717) is 6.42 Å². The van der Waals surface area contributed by atoms with Gasteiger partial charge in [-0.05, 0) is 83.5 Å². The topological polar surface area (TPSA) is 56.8 Å². The Hall–Kier alpha value is -1.63. The lowest BCUT2D eigenvalue weighted by molar-refractivity contribution is -0.121. The van der Waals surface area contributed by atoms with Crippen LogP contribution in [0.5, 0.6) is 5.75 Å². The van der Waals surface area contributed by atoms with Crippen LogP contribution in [0.2, 0.25) is 0 Å². The predicted molar refractivity (Wildman–Crippen MR) is 129 cm³/mol. The van der Waals surface area contributed by atoms with Crippen LogP contribution in [0.25, 0.3) is 0 Å². The Morgan fingerprint density at radius 1 is 1.00 bits per heavy atom. The van der Waals surface area contributed by atoms with Crippen molar-refractivity contribution in [3.63, 3.8) is 0 Å². The Labute approximate surface area is 189 Å². The van der Waals surface area contributed by atoms with Crippen molar-refractivity contribution < 1.29 is 9.53 Å². The van der Waals surface area contributed by atoms with Gasteiger partial charge in [-0.1, -0.05) is 25.0 Å². The highest BCUT2D eigenvalue weighted by Crippen LogP contribution is 2.12. The standard InChI is InChI=1S/C25H44N4O2/c1-28(2)17-9-21-31-24-12-10-23(11-13-24)22-26-15-5-3-6-16-27-25(30)14-20-29-18-7-4-8-19-29/h10-13,26H,3-9,14-22H2,1-2H3,(H,27,30). The molecule has 31 heavy (non-hydrogen) atoms. The summed E-state index contributed by atoms with van der Waals surface area (Å²) in [7, 11) is 4.16. The summed E-state index contributed by atoms with van der Waals surface area (Å²) in [5, 5.41) is 6.57. The second kappa shape index (κ2) is 16.1. The molecule has 0 radical (unpaired) electrons. The molecule has 0 atom stereocenters. The van der Waals surface area contributed by atoms with Gasteiger partial charge in [0.25, 0.3) is 0 Å². The highest BCUT2D eigenvalue weighted by molar-refractivity contribution is 5.75. The minimum atomic E-state index is 0.203. The molecule has 2 N–H and O–H groups in total. The van der Waals surface area contributed by atoms with Crippen molar-refractivity contribution in [2.75, 3.05) is 60.0 Å². The molecule has 6 nitrogen and oxygen atoms in total. The number of amides is 1. The number of benzene rings is 1. The number of piperidine rings is 1. The van der Waals surface area contributed by atoms with E-state index in [9.17, 15) is 4.79 Å². The fourth-order valence-electron chi connectivity index (χ4n) is 3.82. The molecule has 1 saturated heterocycles. The van der Waals surface area contributed by atoms with Gasteiger partial charge in [-0.15, -0.1) is 0 Å². The van der Waals surface area contributed by atoms with Crippen molar-refractivity contribution in [3.05, 3.63) is 29.8 Å². The Morgan fingerprint density at radius 3 is 2.48 bits per heavy atom. The van der Waals surface area contributed by atoms with Crippen molar-refractivity contribution >= 4 is 5.91 Å². The third-order valence-electron chi connectivity index (χ3n) is 5.73. The minimum absolute atomic E-state index is 0.203. The molecule has 1 aliphatic rings. The van der Waals surface area contributed by atoms with Crippen molar-refractivity contribution in [1.82, 2.24) is 20.4 Å². The van der Waals surface area contributed by atoms with Crippen LogP contribution in [0.4, 0.5) is 0 Å². The van der Waals surface area contributed by atoms with E-state index in [1.165, 1.54) is 24.8 Å². The highest BCUT2D eigenvalue weighted by Gasteiger charge is 2.11. The molecule has 1 heterocycles. The summed E-state index contributed by atoms with van der Waals surface area (Å²) in [5.74, 6) is 1.15. The first-order valence-electron chi connectivity index (χ1n) is 12.2. The molecular weight excluding hydrogens is 388 g/mol. The fourth-order valence-corrected chi connectivity index (χ4v) is 3.82. The lowest BCUT2D eigenvalue weighted by atomic mass is 10.1. The number of likely N-dealkylation sites (tertiary alicyclic amines) is 1. The Kier molecular flexibility index (Phi) is 13.3. The van der Waals surface area contributed by atoms with Crippen LogP contribution >= 0.6 is 0 Å². The molecule has 1 fully saturated rings. The van der Waals surface area contributed by atoms with Crippen LogP contribution in [0.1, 0.15) is 56.9 Å². The van der Waals surface area contributed by atoms with Crippen LogP contribution in [0.15, 0.2) is 24.3 Å². The first-order valence-corrected chi connectivity index (χ1v) is 12.2. The second-order valence-corrected chi connectivity index (χ2v) is 8.89. The van der Waals surface area contributed by atoms with E-state index in [4.69, 9.17) is 4.74 Å². The van der Waals surface area contributed by atoms with Crippen LogP contribution < -0.4 is 15.4 Å². The number of nitrogens with zero attached hydrogens (tertiary/aromatic N) is 2. The molecule has 1 aliphatic heterocycles. The highest BCUT2D eigenvalue weighted by atomic mass is 16.5. The van der Waals surface area contributed by atoms with E-state index < -0.39 is 0 Å². The van der Waals surface area contributed by atoms with Gasteiger partial charge >= 0.3 is 0 Å². The number of carbonyl (C=O) groups is 1. The number of hydrogen-bond donors (Lipinski definition) is 2. The molecule has 2 rings (SSSR count). The van der Waals surface area contributed by atoms with Crippen LogP contribution in [-0.2, 0) is 11.3 Å². The molecule has 6 heteroatoms. The van der Waals surface area contributed by atoms with Crippen molar-refractivity contribution in [3.8, 4) is 5.75 Å². The van der Waals surface area contributed by atoms with E-state index in [1.54, 1.807) is 0 Å². The van der Waals surface area contributed by atoms with Gasteiger partial charge in [-0.2, -0.15) is 0 Å². The van der Waals surface area contributed by atoms with Gasteiger partial charge in [-0.3, -0.25) is 4.79 Å². The molecular formula is C25H44N4O2. The largest absolute Gasteiger partial charge is 0.494 e. The van der Waals surface area contributed by atoms with Gasteiger partial charge < -0.3 is 25.2 Å². The lowest BCUT2D eigenvalue weighted by Crippen LogP contribution is -2.34. The van der Waals surface area contributed by atoms with Crippen molar-refractivity contribution in [2.24, 2.45) is 0 Å². The number of rotatable bonds is 16. The van der Waals surface area contributed by atoms with E-state index in [2.05, 4.69) is 58.8 Å². The number of nitrogens with one attached hydrogen (secondary N) is 2. The average Bonchev–Trinajstić information content (AvgIpc) is 2.78. The third kappa shape index (κ3) is 12.7.